The number of piperidine rings is 1. The average Bonchev–Trinajstić information content (AvgIpc) is 3.55. The Morgan fingerprint density at radius 1 is 1.05 bits per heavy atom. The molecule has 2 aliphatic heterocycles. The minimum Gasteiger partial charge on any atom is -0.338 e. The van der Waals surface area contributed by atoms with E-state index in [0.29, 0.717) is 31.2 Å². The molecular formula is C29H37N5O4S. The van der Waals surface area contributed by atoms with E-state index < -0.39 is 10.0 Å². The van der Waals surface area contributed by atoms with Crippen LogP contribution in [0.4, 0.5) is 5.69 Å². The van der Waals surface area contributed by atoms with Crippen LogP contribution in [0.1, 0.15) is 50.6 Å². The number of rotatable bonds is 6. The van der Waals surface area contributed by atoms with E-state index in [4.69, 9.17) is 4.52 Å². The third-order valence-corrected chi connectivity index (χ3v) is 9.58. The first-order valence-electron chi connectivity index (χ1n) is 13.5. The number of aromatic nitrogens is 2. The highest BCUT2D eigenvalue weighted by Crippen LogP contribution is 2.33. The van der Waals surface area contributed by atoms with Gasteiger partial charge >= 0.3 is 0 Å². The van der Waals surface area contributed by atoms with E-state index >= 15 is 0 Å². The number of amides is 1. The van der Waals surface area contributed by atoms with E-state index in [2.05, 4.69) is 47.9 Å². The molecule has 0 radical (unpaired) electrons. The topological polar surface area (TPSA) is 99.9 Å². The van der Waals surface area contributed by atoms with Crippen LogP contribution in [0.5, 0.6) is 0 Å². The van der Waals surface area contributed by atoms with Gasteiger partial charge in [-0.1, -0.05) is 50.2 Å². The molecule has 39 heavy (non-hydrogen) atoms. The van der Waals surface area contributed by atoms with Crippen molar-refractivity contribution >= 4 is 21.6 Å². The molecule has 0 N–H and O–H groups in total. The van der Waals surface area contributed by atoms with Crippen molar-refractivity contribution in [1.82, 2.24) is 19.3 Å². The highest BCUT2D eigenvalue weighted by atomic mass is 32.2. The fraction of sp³-hybridized carbons (Fsp3) is 0.483. The maximum absolute atomic E-state index is 13.4. The predicted octanol–water partition coefficient (Wildman–Crippen LogP) is 4.09. The van der Waals surface area contributed by atoms with Gasteiger partial charge in [0, 0.05) is 37.8 Å². The van der Waals surface area contributed by atoms with Crippen molar-refractivity contribution in [2.24, 2.45) is 5.92 Å². The van der Waals surface area contributed by atoms with E-state index in [1.165, 1.54) is 24.0 Å². The Labute approximate surface area is 230 Å². The summed E-state index contributed by atoms with van der Waals surface area (Å²) in [6.07, 6.45) is 2.18. The lowest BCUT2D eigenvalue weighted by Gasteiger charge is -2.32. The molecule has 2 aromatic carbocycles. The Balaban J connectivity index is 1.17. The molecule has 1 saturated heterocycles. The molecule has 0 saturated carbocycles. The summed E-state index contributed by atoms with van der Waals surface area (Å²) in [6, 6.07) is 13.4. The first-order chi connectivity index (χ1) is 18.4. The van der Waals surface area contributed by atoms with E-state index in [-0.39, 0.29) is 22.1 Å². The van der Waals surface area contributed by atoms with Gasteiger partial charge in [0.1, 0.15) is 0 Å². The van der Waals surface area contributed by atoms with Crippen LogP contribution < -0.4 is 4.90 Å². The molecule has 2 aliphatic rings. The van der Waals surface area contributed by atoms with Gasteiger partial charge in [0.05, 0.1) is 11.4 Å². The van der Waals surface area contributed by atoms with Crippen LogP contribution in [0.3, 0.4) is 0 Å². The fourth-order valence-corrected chi connectivity index (χ4v) is 6.24. The third kappa shape index (κ3) is 5.64. The second-order valence-electron chi connectivity index (χ2n) is 11.7. The summed E-state index contributed by atoms with van der Waals surface area (Å²) in [5, 5.41) is 4.18. The summed E-state index contributed by atoms with van der Waals surface area (Å²) in [4.78, 5) is 22.4. The first-order valence-corrected chi connectivity index (χ1v) is 14.9. The Morgan fingerprint density at radius 3 is 2.38 bits per heavy atom. The number of anilines is 1. The SMILES string of the molecule is CN(C)S(=O)(=O)c1ccc2c(c1)CCN2C(=O)C1CCN(Cc2nc(-c3ccc(C(C)(C)C)cc3)no2)CC1. The Morgan fingerprint density at radius 2 is 1.74 bits per heavy atom. The number of nitrogens with zero attached hydrogens (tertiary/aromatic N) is 5. The molecule has 0 atom stereocenters. The molecule has 3 heterocycles. The average molecular weight is 552 g/mol. The van der Waals surface area contributed by atoms with Gasteiger partial charge in [0.25, 0.3) is 0 Å². The Hall–Kier alpha value is -3.08. The molecule has 9 nitrogen and oxygen atoms in total. The van der Waals surface area contributed by atoms with Gasteiger partial charge in [-0.3, -0.25) is 9.69 Å². The molecule has 1 aromatic heterocycles. The molecule has 1 amide bonds. The molecule has 10 heteroatoms. The van der Waals surface area contributed by atoms with Crippen molar-refractivity contribution in [2.75, 3.05) is 38.6 Å². The summed E-state index contributed by atoms with van der Waals surface area (Å²) in [7, 11) is -0.460. The van der Waals surface area contributed by atoms with Crippen molar-refractivity contribution in [3.63, 3.8) is 0 Å². The normalized spacial score (nSPS) is 17.1. The molecule has 5 rings (SSSR count). The molecule has 0 aliphatic carbocycles. The lowest BCUT2D eigenvalue weighted by Crippen LogP contribution is -2.42. The summed E-state index contributed by atoms with van der Waals surface area (Å²) in [5.74, 6) is 1.23. The number of benzene rings is 2. The van der Waals surface area contributed by atoms with Crippen LogP contribution in [0.15, 0.2) is 51.9 Å². The number of hydrogen-bond donors (Lipinski definition) is 0. The summed E-state index contributed by atoms with van der Waals surface area (Å²) < 4.78 is 31.7. The molecule has 0 unspecified atom stereocenters. The molecular weight excluding hydrogens is 514 g/mol. The quantitative estimate of drug-likeness (QED) is 0.455. The van der Waals surface area contributed by atoms with Gasteiger partial charge in [0.2, 0.25) is 27.6 Å². The van der Waals surface area contributed by atoms with E-state index in [1.807, 2.05) is 17.0 Å². The number of carbonyl (C=O) groups excluding carboxylic acids is 1. The van der Waals surface area contributed by atoms with E-state index in [9.17, 15) is 13.2 Å². The van der Waals surface area contributed by atoms with Gasteiger partial charge in [-0.15, -0.1) is 0 Å². The number of likely N-dealkylation sites (tertiary alicyclic amines) is 1. The predicted molar refractivity (Wildman–Crippen MR) is 150 cm³/mol. The molecule has 1 fully saturated rings. The number of fused-ring (bicyclic) bond motifs is 1. The van der Waals surface area contributed by atoms with Gasteiger partial charge in [0.15, 0.2) is 0 Å². The van der Waals surface area contributed by atoms with Crippen molar-refractivity contribution < 1.29 is 17.7 Å². The first kappa shape index (κ1) is 27.5. The fourth-order valence-electron chi connectivity index (χ4n) is 5.28. The lowest BCUT2D eigenvalue weighted by atomic mass is 9.87. The monoisotopic (exact) mass is 551 g/mol. The highest BCUT2D eigenvalue weighted by Gasteiger charge is 2.33. The summed E-state index contributed by atoms with van der Waals surface area (Å²) in [5.41, 5.74) is 4.01. The van der Waals surface area contributed by atoms with Crippen molar-refractivity contribution in [2.45, 2.75) is 56.9 Å². The molecule has 208 valence electrons. The second-order valence-corrected chi connectivity index (χ2v) is 13.9. The standard InChI is InChI=1S/C29H37N5O4S/c1-29(2,3)23-8-6-20(7-9-23)27-30-26(38-31-27)19-33-15-12-21(13-16-33)28(35)34-17-14-22-18-24(10-11-25(22)34)39(36,37)32(4)5/h6-11,18,21H,12-17,19H2,1-5H3. The zero-order valence-corrected chi connectivity index (χ0v) is 24.2. The van der Waals surface area contributed by atoms with Crippen LogP contribution >= 0.6 is 0 Å². The maximum atomic E-state index is 13.4. The number of sulfonamides is 1. The summed E-state index contributed by atoms with van der Waals surface area (Å²) >= 11 is 0. The minimum absolute atomic E-state index is 0.0584. The minimum atomic E-state index is -3.50. The third-order valence-electron chi connectivity index (χ3n) is 7.76. The molecule has 0 spiro atoms. The van der Waals surface area contributed by atoms with E-state index in [1.54, 1.807) is 18.2 Å². The molecule has 3 aromatic rings. The number of carbonyl (C=O) groups is 1. The van der Waals surface area contributed by atoms with Crippen molar-refractivity contribution in [1.29, 1.82) is 0 Å². The van der Waals surface area contributed by atoms with Crippen molar-refractivity contribution in [3.8, 4) is 11.4 Å². The van der Waals surface area contributed by atoms with Gasteiger partial charge in [-0.05, 0) is 67.1 Å². The zero-order chi connectivity index (χ0) is 27.9. The Kier molecular flexibility index (Phi) is 7.39. The van der Waals surface area contributed by atoms with Crippen LogP contribution in [0.2, 0.25) is 0 Å². The molecule has 0 bridgehead atoms. The Bertz CT molecular complexity index is 1450. The maximum Gasteiger partial charge on any atom is 0.242 e. The van der Waals surface area contributed by atoms with Gasteiger partial charge < -0.3 is 9.42 Å². The second kappa shape index (κ2) is 10.5. The smallest absolute Gasteiger partial charge is 0.242 e. The van der Waals surface area contributed by atoms with E-state index in [0.717, 1.165) is 42.7 Å². The van der Waals surface area contributed by atoms with Gasteiger partial charge in [-0.25, -0.2) is 12.7 Å². The zero-order valence-electron chi connectivity index (χ0n) is 23.3. The summed E-state index contributed by atoms with van der Waals surface area (Å²) in [6.45, 7) is 9.25. The van der Waals surface area contributed by atoms with Crippen LogP contribution in [-0.2, 0) is 33.2 Å². The van der Waals surface area contributed by atoms with Crippen LogP contribution in [-0.4, -0.2) is 67.4 Å². The van der Waals surface area contributed by atoms with Crippen molar-refractivity contribution in [3.05, 3.63) is 59.5 Å². The van der Waals surface area contributed by atoms with Gasteiger partial charge in [-0.2, -0.15) is 4.98 Å². The highest BCUT2D eigenvalue weighted by molar-refractivity contribution is 7.89. The number of hydrogen-bond acceptors (Lipinski definition) is 7. The largest absolute Gasteiger partial charge is 0.338 e. The van der Waals surface area contributed by atoms with Crippen LogP contribution in [0, 0.1) is 5.92 Å². The lowest BCUT2D eigenvalue weighted by molar-refractivity contribution is -0.123. The van der Waals surface area contributed by atoms with Crippen LogP contribution in [0.25, 0.3) is 11.4 Å².